The number of hydrogen-bond acceptors (Lipinski definition) is 4. The molecule has 1 amide bonds. The number of hydrogen-bond donors (Lipinski definition) is 3. The Morgan fingerprint density at radius 2 is 2.11 bits per heavy atom. The van der Waals surface area contributed by atoms with Gasteiger partial charge in [0.15, 0.2) is 0 Å². The van der Waals surface area contributed by atoms with Gasteiger partial charge in [-0.05, 0) is 33.6 Å². The molecule has 0 aliphatic carbocycles. The van der Waals surface area contributed by atoms with Crippen LogP contribution in [0.15, 0.2) is 12.3 Å². The van der Waals surface area contributed by atoms with Crippen LogP contribution >= 0.6 is 11.6 Å². The van der Waals surface area contributed by atoms with E-state index in [1.54, 1.807) is 20.8 Å². The molecule has 0 rings (SSSR count). The van der Waals surface area contributed by atoms with E-state index in [1.165, 1.54) is 0 Å². The lowest BCUT2D eigenvalue weighted by molar-refractivity contribution is 0.0544. The van der Waals surface area contributed by atoms with E-state index in [4.69, 9.17) is 21.4 Å². The Bertz CT molecular complexity index is 277. The van der Waals surface area contributed by atoms with Gasteiger partial charge >= 0.3 is 6.09 Å². The van der Waals surface area contributed by atoms with E-state index in [-0.39, 0.29) is 12.1 Å². The number of carbonyl (C=O) groups is 1. The highest BCUT2D eigenvalue weighted by molar-refractivity contribution is 6.20. The molecule has 3 N–H and O–H groups in total. The summed E-state index contributed by atoms with van der Waals surface area (Å²) in [6.45, 7) is 9.60. The third-order valence-electron chi connectivity index (χ3n) is 1.85. The second-order valence-corrected chi connectivity index (χ2v) is 5.44. The average molecular weight is 279 g/mol. The lowest BCUT2D eigenvalue weighted by Crippen LogP contribution is -2.32. The Morgan fingerprint density at radius 3 is 2.61 bits per heavy atom. The number of aliphatic hydroxyl groups excluding tert-OH is 1. The van der Waals surface area contributed by atoms with Crippen molar-refractivity contribution in [1.29, 1.82) is 0 Å². The first kappa shape index (κ1) is 17.2. The fraction of sp³-hybridized carbons (Fsp3) is 0.750. The van der Waals surface area contributed by atoms with Crippen LogP contribution in [0.25, 0.3) is 0 Å². The minimum atomic E-state index is -0.526. The smallest absolute Gasteiger partial charge is 0.411 e. The first-order valence-corrected chi connectivity index (χ1v) is 6.34. The molecule has 0 saturated carbocycles. The Hall–Kier alpha value is -0.780. The summed E-state index contributed by atoms with van der Waals surface area (Å²) in [4.78, 5) is 11.4. The molecule has 6 heteroatoms. The molecule has 0 aliphatic rings. The zero-order valence-electron chi connectivity index (χ0n) is 11.3. The molecule has 18 heavy (non-hydrogen) atoms. The number of nitrogens with one attached hydrogen (secondary N) is 2. The SMILES string of the molecule is C=C(CCC(Cl)NCCO)NC(=O)OC(C)(C)C. The number of alkyl halides is 1. The molecule has 0 spiro atoms. The molecule has 5 nitrogen and oxygen atoms in total. The van der Waals surface area contributed by atoms with Crippen molar-refractivity contribution in [2.75, 3.05) is 13.2 Å². The molecule has 1 atom stereocenters. The summed E-state index contributed by atoms with van der Waals surface area (Å²) >= 11 is 5.94. The number of ether oxygens (including phenoxy) is 1. The second kappa shape index (κ2) is 8.34. The maximum atomic E-state index is 11.4. The summed E-state index contributed by atoms with van der Waals surface area (Å²) in [5.74, 6) is 0. The maximum absolute atomic E-state index is 11.4. The topological polar surface area (TPSA) is 70.6 Å². The van der Waals surface area contributed by atoms with E-state index < -0.39 is 11.7 Å². The van der Waals surface area contributed by atoms with Crippen LogP contribution in [-0.2, 0) is 4.74 Å². The number of halogens is 1. The Balaban J connectivity index is 3.80. The fourth-order valence-electron chi connectivity index (χ4n) is 1.13. The zero-order chi connectivity index (χ0) is 14.2. The predicted molar refractivity (Wildman–Crippen MR) is 72.5 cm³/mol. The fourth-order valence-corrected chi connectivity index (χ4v) is 1.35. The van der Waals surface area contributed by atoms with E-state index in [2.05, 4.69) is 17.2 Å². The third kappa shape index (κ3) is 10.4. The van der Waals surface area contributed by atoms with Crippen LogP contribution in [0.3, 0.4) is 0 Å². The molecule has 0 heterocycles. The first-order valence-electron chi connectivity index (χ1n) is 5.90. The van der Waals surface area contributed by atoms with Crippen molar-refractivity contribution in [2.24, 2.45) is 0 Å². The molecule has 0 aromatic carbocycles. The Labute approximate surface area is 114 Å². The molecule has 0 aromatic heterocycles. The van der Waals surface area contributed by atoms with Gasteiger partial charge in [-0.2, -0.15) is 0 Å². The van der Waals surface area contributed by atoms with Gasteiger partial charge in [0.2, 0.25) is 0 Å². The Kier molecular flexibility index (Phi) is 7.98. The summed E-state index contributed by atoms with van der Waals surface area (Å²) < 4.78 is 5.09. The summed E-state index contributed by atoms with van der Waals surface area (Å²) in [5.41, 5.74) is -0.225. The van der Waals surface area contributed by atoms with E-state index in [9.17, 15) is 4.79 Å². The number of carbonyl (C=O) groups excluding carboxylic acids is 1. The highest BCUT2D eigenvalue weighted by Gasteiger charge is 2.16. The van der Waals surface area contributed by atoms with Crippen LogP contribution in [0, 0.1) is 0 Å². The minimum absolute atomic E-state index is 0.0420. The monoisotopic (exact) mass is 278 g/mol. The van der Waals surface area contributed by atoms with Crippen molar-refractivity contribution in [2.45, 2.75) is 44.7 Å². The number of allylic oxidation sites excluding steroid dienone is 1. The van der Waals surface area contributed by atoms with E-state index in [0.717, 1.165) is 0 Å². The molecular formula is C12H23ClN2O3. The zero-order valence-corrected chi connectivity index (χ0v) is 12.0. The maximum Gasteiger partial charge on any atom is 0.411 e. The summed E-state index contributed by atoms with van der Waals surface area (Å²) in [7, 11) is 0. The molecule has 0 radical (unpaired) electrons. The van der Waals surface area contributed by atoms with Crippen molar-refractivity contribution in [3.8, 4) is 0 Å². The summed E-state index contributed by atoms with van der Waals surface area (Å²) in [5, 5.41) is 14.1. The van der Waals surface area contributed by atoms with Crippen molar-refractivity contribution >= 4 is 17.7 Å². The second-order valence-electron chi connectivity index (χ2n) is 4.91. The van der Waals surface area contributed by atoms with Gasteiger partial charge in [-0.25, -0.2) is 4.79 Å². The number of amides is 1. The molecule has 0 saturated heterocycles. The number of rotatable bonds is 7. The van der Waals surface area contributed by atoms with Crippen molar-refractivity contribution in [3.63, 3.8) is 0 Å². The van der Waals surface area contributed by atoms with Gasteiger partial charge in [0.1, 0.15) is 5.60 Å². The van der Waals surface area contributed by atoms with E-state index in [0.29, 0.717) is 25.1 Å². The highest BCUT2D eigenvalue weighted by atomic mass is 35.5. The molecular weight excluding hydrogens is 256 g/mol. The van der Waals surface area contributed by atoms with Gasteiger partial charge in [0, 0.05) is 12.2 Å². The standard InChI is InChI=1S/C12H23ClN2O3/c1-9(5-6-10(13)14-7-8-16)15-11(17)18-12(2,3)4/h10,14,16H,1,5-8H2,2-4H3,(H,15,17). The summed E-state index contributed by atoms with van der Waals surface area (Å²) in [6, 6.07) is 0. The normalized spacial score (nSPS) is 12.9. The van der Waals surface area contributed by atoms with Crippen LogP contribution in [0.4, 0.5) is 4.79 Å². The van der Waals surface area contributed by atoms with Crippen LogP contribution in [0.5, 0.6) is 0 Å². The van der Waals surface area contributed by atoms with Gasteiger partial charge < -0.3 is 9.84 Å². The average Bonchev–Trinajstić information content (AvgIpc) is 2.20. The van der Waals surface area contributed by atoms with Gasteiger partial charge in [0.25, 0.3) is 0 Å². The largest absolute Gasteiger partial charge is 0.444 e. The number of aliphatic hydroxyl groups is 1. The van der Waals surface area contributed by atoms with Crippen LogP contribution in [0.2, 0.25) is 0 Å². The molecule has 0 aromatic rings. The van der Waals surface area contributed by atoms with Gasteiger partial charge in [-0.3, -0.25) is 10.6 Å². The van der Waals surface area contributed by atoms with Crippen LogP contribution in [0.1, 0.15) is 33.6 Å². The lowest BCUT2D eigenvalue weighted by atomic mass is 10.2. The van der Waals surface area contributed by atoms with E-state index >= 15 is 0 Å². The third-order valence-corrected chi connectivity index (χ3v) is 2.23. The van der Waals surface area contributed by atoms with Crippen molar-refractivity contribution in [1.82, 2.24) is 10.6 Å². The summed E-state index contributed by atoms with van der Waals surface area (Å²) in [6.07, 6.45) is 0.643. The molecule has 106 valence electrons. The first-order chi connectivity index (χ1) is 8.24. The van der Waals surface area contributed by atoms with Crippen LogP contribution in [-0.4, -0.2) is 35.5 Å². The Morgan fingerprint density at radius 1 is 1.50 bits per heavy atom. The predicted octanol–water partition coefficient (Wildman–Crippen LogP) is 1.95. The van der Waals surface area contributed by atoms with Gasteiger partial charge in [0.05, 0.1) is 12.1 Å². The molecule has 0 fully saturated rings. The molecule has 1 unspecified atom stereocenters. The van der Waals surface area contributed by atoms with Gasteiger partial charge in [-0.1, -0.05) is 6.58 Å². The van der Waals surface area contributed by atoms with Crippen molar-refractivity contribution < 1.29 is 14.6 Å². The molecule has 0 aliphatic heterocycles. The highest BCUT2D eigenvalue weighted by Crippen LogP contribution is 2.09. The lowest BCUT2D eigenvalue weighted by Gasteiger charge is -2.20. The number of alkyl carbamates (subject to hydrolysis) is 1. The minimum Gasteiger partial charge on any atom is -0.444 e. The van der Waals surface area contributed by atoms with Gasteiger partial charge in [-0.15, -0.1) is 11.6 Å². The van der Waals surface area contributed by atoms with E-state index in [1.807, 2.05) is 0 Å². The quantitative estimate of drug-likeness (QED) is 0.492. The van der Waals surface area contributed by atoms with Crippen molar-refractivity contribution in [3.05, 3.63) is 12.3 Å². The molecule has 0 bridgehead atoms. The van der Waals surface area contributed by atoms with Crippen LogP contribution < -0.4 is 10.6 Å².